The molecule has 0 saturated heterocycles. The van der Waals surface area contributed by atoms with Gasteiger partial charge in [-0.1, -0.05) is 24.4 Å². The summed E-state index contributed by atoms with van der Waals surface area (Å²) in [5.41, 5.74) is 0.166. The quantitative estimate of drug-likeness (QED) is 0.811. The first kappa shape index (κ1) is 12.2. The number of carbonyl (C=O) groups is 1. The van der Waals surface area contributed by atoms with Crippen LogP contribution in [-0.2, 0) is 0 Å². The Morgan fingerprint density at radius 2 is 2.18 bits per heavy atom. The average Bonchev–Trinajstić information content (AvgIpc) is 2.78. The van der Waals surface area contributed by atoms with Crippen molar-refractivity contribution in [3.8, 4) is 0 Å². The van der Waals surface area contributed by atoms with E-state index in [0.29, 0.717) is 11.7 Å². The number of pyridine rings is 1. The molecule has 0 bridgehead atoms. The number of halogens is 1. The van der Waals surface area contributed by atoms with Crippen LogP contribution in [0, 0.1) is 5.92 Å². The zero-order valence-electron chi connectivity index (χ0n) is 9.45. The Morgan fingerprint density at radius 3 is 2.82 bits per heavy atom. The minimum Gasteiger partial charge on any atom is -0.478 e. The zero-order valence-corrected chi connectivity index (χ0v) is 10.2. The first-order valence-corrected chi connectivity index (χ1v) is 6.17. The van der Waals surface area contributed by atoms with Crippen molar-refractivity contribution >= 4 is 23.4 Å². The highest BCUT2D eigenvalue weighted by atomic mass is 35.5. The first-order valence-electron chi connectivity index (χ1n) is 5.80. The lowest BCUT2D eigenvalue weighted by atomic mass is 10.1. The molecule has 1 aromatic rings. The van der Waals surface area contributed by atoms with E-state index in [-0.39, 0.29) is 10.7 Å². The summed E-state index contributed by atoms with van der Waals surface area (Å²) in [6.07, 6.45) is 5.05. The summed E-state index contributed by atoms with van der Waals surface area (Å²) in [5, 5.41) is 12.3. The number of carboxylic acid groups (broad SMARTS) is 1. The lowest BCUT2D eigenvalue weighted by molar-refractivity contribution is 0.0697. The van der Waals surface area contributed by atoms with Gasteiger partial charge in [0.25, 0.3) is 0 Å². The number of aromatic carboxylic acids is 1. The molecule has 0 atom stereocenters. The fourth-order valence-corrected chi connectivity index (χ4v) is 2.38. The monoisotopic (exact) mass is 254 g/mol. The van der Waals surface area contributed by atoms with Gasteiger partial charge in [0.1, 0.15) is 11.0 Å². The van der Waals surface area contributed by atoms with Gasteiger partial charge in [0.05, 0.1) is 5.56 Å². The van der Waals surface area contributed by atoms with E-state index >= 15 is 0 Å². The van der Waals surface area contributed by atoms with Gasteiger partial charge < -0.3 is 10.4 Å². The van der Waals surface area contributed by atoms with Gasteiger partial charge in [0.15, 0.2) is 0 Å². The predicted octanol–water partition coefficient (Wildman–Crippen LogP) is 3.04. The molecule has 92 valence electrons. The maximum Gasteiger partial charge on any atom is 0.335 e. The SMILES string of the molecule is O=C(O)c1cc(Cl)nc(NCC2CCCC2)c1. The van der Waals surface area contributed by atoms with Crippen LogP contribution in [0.15, 0.2) is 12.1 Å². The van der Waals surface area contributed by atoms with Crippen molar-refractivity contribution in [3.63, 3.8) is 0 Å². The summed E-state index contributed by atoms with van der Waals surface area (Å²) < 4.78 is 0. The molecule has 2 rings (SSSR count). The van der Waals surface area contributed by atoms with Crippen LogP contribution < -0.4 is 5.32 Å². The molecule has 0 spiro atoms. The van der Waals surface area contributed by atoms with Gasteiger partial charge in [-0.15, -0.1) is 0 Å². The van der Waals surface area contributed by atoms with Gasteiger partial charge in [0.2, 0.25) is 0 Å². The summed E-state index contributed by atoms with van der Waals surface area (Å²) in [6, 6.07) is 2.87. The van der Waals surface area contributed by atoms with Gasteiger partial charge >= 0.3 is 5.97 Å². The van der Waals surface area contributed by atoms with E-state index in [4.69, 9.17) is 16.7 Å². The smallest absolute Gasteiger partial charge is 0.335 e. The van der Waals surface area contributed by atoms with Crippen molar-refractivity contribution in [2.75, 3.05) is 11.9 Å². The largest absolute Gasteiger partial charge is 0.478 e. The molecule has 1 heterocycles. The molecular formula is C12H15ClN2O2. The molecule has 4 nitrogen and oxygen atoms in total. The maximum atomic E-state index is 10.9. The van der Waals surface area contributed by atoms with Crippen molar-refractivity contribution < 1.29 is 9.90 Å². The van der Waals surface area contributed by atoms with E-state index in [0.717, 1.165) is 6.54 Å². The van der Waals surface area contributed by atoms with Crippen LogP contribution in [0.2, 0.25) is 5.15 Å². The molecule has 0 aromatic carbocycles. The molecule has 0 aliphatic heterocycles. The Labute approximate surface area is 105 Å². The number of hydrogen-bond donors (Lipinski definition) is 2. The van der Waals surface area contributed by atoms with E-state index in [2.05, 4.69) is 10.3 Å². The highest BCUT2D eigenvalue weighted by molar-refractivity contribution is 6.29. The minimum atomic E-state index is -0.988. The molecule has 0 radical (unpaired) electrons. The summed E-state index contributed by atoms with van der Waals surface area (Å²) in [5.74, 6) is 0.226. The molecule has 1 saturated carbocycles. The molecule has 0 amide bonds. The van der Waals surface area contributed by atoms with E-state index in [1.54, 1.807) is 0 Å². The third-order valence-corrected chi connectivity index (χ3v) is 3.28. The zero-order chi connectivity index (χ0) is 12.3. The predicted molar refractivity (Wildman–Crippen MR) is 66.7 cm³/mol. The second kappa shape index (κ2) is 5.36. The first-order chi connectivity index (χ1) is 8.15. The number of anilines is 1. The second-order valence-electron chi connectivity index (χ2n) is 4.40. The van der Waals surface area contributed by atoms with E-state index < -0.39 is 5.97 Å². The Kier molecular flexibility index (Phi) is 3.84. The Morgan fingerprint density at radius 1 is 1.47 bits per heavy atom. The van der Waals surface area contributed by atoms with E-state index in [1.807, 2.05) is 0 Å². The average molecular weight is 255 g/mol. The standard InChI is InChI=1S/C12H15ClN2O2/c13-10-5-9(12(16)17)6-11(15-10)14-7-8-3-1-2-4-8/h5-6,8H,1-4,7H2,(H,14,15)(H,16,17). The van der Waals surface area contributed by atoms with Crippen LogP contribution in [0.4, 0.5) is 5.82 Å². The Hall–Kier alpha value is -1.29. The van der Waals surface area contributed by atoms with Crippen molar-refractivity contribution in [1.82, 2.24) is 4.98 Å². The van der Waals surface area contributed by atoms with Gasteiger partial charge in [-0.3, -0.25) is 0 Å². The van der Waals surface area contributed by atoms with Crippen molar-refractivity contribution in [2.24, 2.45) is 5.92 Å². The summed E-state index contributed by atoms with van der Waals surface area (Å²) in [4.78, 5) is 14.9. The molecule has 5 heteroatoms. The Balaban J connectivity index is 2.01. The lowest BCUT2D eigenvalue weighted by Gasteiger charge is -2.11. The molecule has 1 aliphatic rings. The van der Waals surface area contributed by atoms with E-state index in [1.165, 1.54) is 37.8 Å². The van der Waals surface area contributed by atoms with Crippen molar-refractivity contribution in [3.05, 3.63) is 22.8 Å². The van der Waals surface area contributed by atoms with Crippen LogP contribution in [0.3, 0.4) is 0 Å². The highest BCUT2D eigenvalue weighted by Crippen LogP contribution is 2.25. The molecular weight excluding hydrogens is 240 g/mol. The molecule has 1 aliphatic carbocycles. The van der Waals surface area contributed by atoms with Gasteiger partial charge in [-0.05, 0) is 30.9 Å². The number of nitrogens with one attached hydrogen (secondary N) is 1. The molecule has 1 fully saturated rings. The van der Waals surface area contributed by atoms with Gasteiger partial charge in [-0.25, -0.2) is 9.78 Å². The summed E-state index contributed by atoms with van der Waals surface area (Å²) in [7, 11) is 0. The summed E-state index contributed by atoms with van der Waals surface area (Å²) >= 11 is 5.78. The van der Waals surface area contributed by atoms with Gasteiger partial charge in [-0.2, -0.15) is 0 Å². The molecule has 2 N–H and O–H groups in total. The third-order valence-electron chi connectivity index (χ3n) is 3.09. The van der Waals surface area contributed by atoms with Crippen LogP contribution in [0.25, 0.3) is 0 Å². The number of carboxylic acids is 1. The number of nitrogens with zero attached hydrogens (tertiary/aromatic N) is 1. The Bertz CT molecular complexity index is 417. The fourth-order valence-electron chi connectivity index (χ4n) is 2.17. The van der Waals surface area contributed by atoms with Crippen LogP contribution in [-0.4, -0.2) is 22.6 Å². The van der Waals surface area contributed by atoms with Crippen LogP contribution in [0.1, 0.15) is 36.0 Å². The van der Waals surface area contributed by atoms with Crippen LogP contribution in [0.5, 0.6) is 0 Å². The molecule has 1 aromatic heterocycles. The number of aromatic nitrogens is 1. The lowest BCUT2D eigenvalue weighted by Crippen LogP contribution is -2.12. The second-order valence-corrected chi connectivity index (χ2v) is 4.79. The van der Waals surface area contributed by atoms with Gasteiger partial charge in [0, 0.05) is 6.54 Å². The number of hydrogen-bond acceptors (Lipinski definition) is 3. The van der Waals surface area contributed by atoms with Crippen LogP contribution >= 0.6 is 11.6 Å². The molecule has 17 heavy (non-hydrogen) atoms. The number of rotatable bonds is 4. The minimum absolute atomic E-state index is 0.166. The normalized spacial score (nSPS) is 16.1. The summed E-state index contributed by atoms with van der Waals surface area (Å²) in [6.45, 7) is 0.840. The maximum absolute atomic E-state index is 10.9. The highest BCUT2D eigenvalue weighted by Gasteiger charge is 2.15. The van der Waals surface area contributed by atoms with Crippen molar-refractivity contribution in [2.45, 2.75) is 25.7 Å². The third kappa shape index (κ3) is 3.33. The van der Waals surface area contributed by atoms with E-state index in [9.17, 15) is 4.79 Å². The fraction of sp³-hybridized carbons (Fsp3) is 0.500. The molecule has 0 unspecified atom stereocenters. The van der Waals surface area contributed by atoms with Crippen molar-refractivity contribution in [1.29, 1.82) is 0 Å². The topological polar surface area (TPSA) is 62.2 Å².